The number of halogens is 1. The molecule has 3 N–H and O–H groups in total. The van der Waals surface area contributed by atoms with Crippen LogP contribution in [0.25, 0.3) is 0 Å². The summed E-state index contributed by atoms with van der Waals surface area (Å²) in [5.41, 5.74) is 5.63. The predicted octanol–water partition coefficient (Wildman–Crippen LogP) is 1.02. The molecule has 3 amide bonds. The van der Waals surface area contributed by atoms with Gasteiger partial charge in [0.25, 0.3) is 5.91 Å². The third-order valence-electron chi connectivity index (χ3n) is 3.17. The molecule has 2 rings (SSSR count). The second-order valence-corrected chi connectivity index (χ2v) is 5.33. The van der Waals surface area contributed by atoms with E-state index in [1.807, 2.05) is 5.32 Å². The molecule has 1 aliphatic rings. The summed E-state index contributed by atoms with van der Waals surface area (Å²) in [6, 6.07) is 4.16. The van der Waals surface area contributed by atoms with Gasteiger partial charge in [-0.2, -0.15) is 0 Å². The highest BCUT2D eigenvalue weighted by Crippen LogP contribution is 2.30. The average molecular weight is 327 g/mol. The molecule has 0 aromatic heterocycles. The van der Waals surface area contributed by atoms with E-state index in [0.29, 0.717) is 17.2 Å². The zero-order valence-corrected chi connectivity index (χ0v) is 12.6. The Kier molecular flexibility index (Phi) is 4.87. The van der Waals surface area contributed by atoms with E-state index in [1.165, 1.54) is 6.92 Å². The van der Waals surface area contributed by atoms with E-state index >= 15 is 0 Å². The zero-order valence-electron chi connectivity index (χ0n) is 11.8. The van der Waals surface area contributed by atoms with Gasteiger partial charge >= 0.3 is 12.0 Å². The monoisotopic (exact) mass is 326 g/mol. The molecule has 1 aromatic carbocycles. The van der Waals surface area contributed by atoms with Crippen molar-refractivity contribution in [3.63, 3.8) is 0 Å². The number of carbonyl (C=O) groups excluding carboxylic acids is 3. The quantitative estimate of drug-likeness (QED) is 0.806. The van der Waals surface area contributed by atoms with Crippen LogP contribution in [0.5, 0.6) is 5.75 Å². The fraction of sp³-hybridized carbons (Fsp3) is 0.357. The van der Waals surface area contributed by atoms with E-state index in [1.54, 1.807) is 18.2 Å². The molecule has 0 saturated heterocycles. The van der Waals surface area contributed by atoms with Crippen LogP contribution in [0.1, 0.15) is 12.5 Å². The molecular formula is C14H15ClN2O5. The van der Waals surface area contributed by atoms with Crippen molar-refractivity contribution in [3.8, 4) is 5.75 Å². The van der Waals surface area contributed by atoms with Crippen LogP contribution in [0.2, 0.25) is 5.02 Å². The Balaban J connectivity index is 1.97. The van der Waals surface area contributed by atoms with E-state index < -0.39 is 29.9 Å². The molecule has 0 fully saturated rings. The Hall–Kier alpha value is -2.28. The molecule has 0 radical (unpaired) electrons. The Morgan fingerprint density at radius 3 is 2.86 bits per heavy atom. The maximum Gasteiger partial charge on any atom is 0.318 e. The van der Waals surface area contributed by atoms with E-state index in [-0.39, 0.29) is 6.61 Å². The van der Waals surface area contributed by atoms with Crippen LogP contribution < -0.4 is 15.8 Å². The molecular weight excluding hydrogens is 312 g/mol. The number of ether oxygens (including phenoxy) is 2. The van der Waals surface area contributed by atoms with Gasteiger partial charge in [-0.25, -0.2) is 4.79 Å². The van der Waals surface area contributed by atoms with Crippen LogP contribution >= 0.6 is 11.6 Å². The Morgan fingerprint density at radius 2 is 2.18 bits per heavy atom. The number of nitrogens with two attached hydrogens (primary N) is 1. The van der Waals surface area contributed by atoms with Crippen LogP contribution in [0.4, 0.5) is 4.79 Å². The van der Waals surface area contributed by atoms with Crippen LogP contribution in [0, 0.1) is 5.92 Å². The summed E-state index contributed by atoms with van der Waals surface area (Å²) >= 11 is 5.91. The number of rotatable bonds is 3. The van der Waals surface area contributed by atoms with Gasteiger partial charge in [-0.1, -0.05) is 11.6 Å². The number of benzene rings is 1. The van der Waals surface area contributed by atoms with Gasteiger partial charge in [0.05, 0.1) is 5.92 Å². The molecule has 118 valence electrons. The SMILES string of the molecule is C[C@H](OC(=O)[C@@H]1COc2ccc(Cl)cc2C1)C(=O)NC(N)=O. The number of urea groups is 1. The van der Waals surface area contributed by atoms with Crippen molar-refractivity contribution in [1.82, 2.24) is 5.32 Å². The van der Waals surface area contributed by atoms with Crippen molar-refractivity contribution >= 4 is 29.5 Å². The van der Waals surface area contributed by atoms with Gasteiger partial charge in [0.2, 0.25) is 0 Å². The summed E-state index contributed by atoms with van der Waals surface area (Å²) < 4.78 is 10.5. The number of fused-ring (bicyclic) bond motifs is 1. The molecule has 1 aromatic rings. The fourth-order valence-electron chi connectivity index (χ4n) is 2.06. The highest BCUT2D eigenvalue weighted by atomic mass is 35.5. The number of carbonyl (C=O) groups is 3. The first-order chi connectivity index (χ1) is 10.4. The van der Waals surface area contributed by atoms with E-state index in [4.69, 9.17) is 26.8 Å². The van der Waals surface area contributed by atoms with Gasteiger partial charge in [0, 0.05) is 5.02 Å². The van der Waals surface area contributed by atoms with E-state index in [2.05, 4.69) is 0 Å². The smallest absolute Gasteiger partial charge is 0.318 e. The van der Waals surface area contributed by atoms with Gasteiger partial charge < -0.3 is 15.2 Å². The molecule has 0 bridgehead atoms. The predicted molar refractivity (Wildman–Crippen MR) is 77.4 cm³/mol. The Morgan fingerprint density at radius 1 is 1.45 bits per heavy atom. The first-order valence-corrected chi connectivity index (χ1v) is 6.96. The molecule has 0 aliphatic carbocycles. The van der Waals surface area contributed by atoms with Crippen LogP contribution in [0.3, 0.4) is 0 Å². The van der Waals surface area contributed by atoms with Gasteiger partial charge in [0.1, 0.15) is 12.4 Å². The third kappa shape index (κ3) is 3.88. The van der Waals surface area contributed by atoms with Crippen molar-refractivity contribution in [1.29, 1.82) is 0 Å². The van der Waals surface area contributed by atoms with Gasteiger partial charge in [-0.3, -0.25) is 14.9 Å². The van der Waals surface area contributed by atoms with Crippen molar-refractivity contribution in [2.75, 3.05) is 6.61 Å². The Labute approximate surface area is 131 Å². The molecule has 1 heterocycles. The second kappa shape index (κ2) is 6.65. The topological polar surface area (TPSA) is 108 Å². The molecule has 0 saturated carbocycles. The lowest BCUT2D eigenvalue weighted by Gasteiger charge is -2.25. The Bertz CT molecular complexity index is 619. The lowest BCUT2D eigenvalue weighted by Crippen LogP contribution is -2.43. The summed E-state index contributed by atoms with van der Waals surface area (Å²) in [4.78, 5) is 34.1. The van der Waals surface area contributed by atoms with E-state index in [9.17, 15) is 14.4 Å². The first kappa shape index (κ1) is 16.1. The van der Waals surface area contributed by atoms with Crippen molar-refractivity contribution < 1.29 is 23.9 Å². The number of esters is 1. The number of primary amides is 1. The number of nitrogens with one attached hydrogen (secondary N) is 1. The highest BCUT2D eigenvalue weighted by molar-refractivity contribution is 6.30. The highest BCUT2D eigenvalue weighted by Gasteiger charge is 2.30. The lowest BCUT2D eigenvalue weighted by atomic mass is 9.97. The lowest BCUT2D eigenvalue weighted by molar-refractivity contribution is -0.159. The maximum atomic E-state index is 12.1. The molecule has 8 heteroatoms. The molecule has 1 aliphatic heterocycles. The van der Waals surface area contributed by atoms with Crippen LogP contribution in [-0.2, 0) is 20.7 Å². The molecule has 2 atom stereocenters. The van der Waals surface area contributed by atoms with Crippen molar-refractivity contribution in [2.45, 2.75) is 19.4 Å². The average Bonchev–Trinajstić information content (AvgIpc) is 2.45. The van der Waals surface area contributed by atoms with Gasteiger partial charge in [-0.05, 0) is 37.1 Å². The molecule has 0 spiro atoms. The zero-order chi connectivity index (χ0) is 16.3. The molecule has 22 heavy (non-hydrogen) atoms. The van der Waals surface area contributed by atoms with Crippen LogP contribution in [0.15, 0.2) is 18.2 Å². The number of hydrogen-bond donors (Lipinski definition) is 2. The van der Waals surface area contributed by atoms with Crippen molar-refractivity contribution in [2.24, 2.45) is 11.7 Å². The summed E-state index contributed by atoms with van der Waals surface area (Å²) in [7, 11) is 0. The van der Waals surface area contributed by atoms with Crippen molar-refractivity contribution in [3.05, 3.63) is 28.8 Å². The normalized spacial score (nSPS) is 17.6. The summed E-state index contributed by atoms with van der Waals surface area (Å²) in [6.45, 7) is 1.50. The number of imide groups is 1. The summed E-state index contributed by atoms with van der Waals surface area (Å²) in [6.07, 6.45) is -0.723. The number of hydrogen-bond acceptors (Lipinski definition) is 5. The fourth-order valence-corrected chi connectivity index (χ4v) is 2.26. The van der Waals surface area contributed by atoms with E-state index in [0.717, 1.165) is 5.56 Å². The minimum atomic E-state index is -1.12. The minimum absolute atomic E-state index is 0.150. The maximum absolute atomic E-state index is 12.1. The number of amides is 3. The standard InChI is InChI=1S/C14H15ClN2O5/c1-7(12(18)17-14(16)20)22-13(19)9-4-8-5-10(15)2-3-11(8)21-6-9/h2-3,5,7,9H,4,6H2,1H3,(H3,16,17,18,20)/t7-,9-/m0/s1. The largest absolute Gasteiger partial charge is 0.492 e. The minimum Gasteiger partial charge on any atom is -0.492 e. The van der Waals surface area contributed by atoms with Gasteiger partial charge in [-0.15, -0.1) is 0 Å². The molecule has 0 unspecified atom stereocenters. The summed E-state index contributed by atoms with van der Waals surface area (Å²) in [5, 5.41) is 2.39. The third-order valence-corrected chi connectivity index (χ3v) is 3.41. The van der Waals surface area contributed by atoms with Gasteiger partial charge in [0.15, 0.2) is 6.10 Å². The summed E-state index contributed by atoms with van der Waals surface area (Å²) in [5.74, 6) is -1.23. The first-order valence-electron chi connectivity index (χ1n) is 6.59. The second-order valence-electron chi connectivity index (χ2n) is 4.90. The van der Waals surface area contributed by atoms with Crippen LogP contribution in [-0.4, -0.2) is 30.6 Å². The molecule has 7 nitrogen and oxygen atoms in total.